The van der Waals surface area contributed by atoms with Crippen LogP contribution in [-0.2, 0) is 4.74 Å². The molecule has 1 aromatic carbocycles. The number of benzene rings is 1. The van der Waals surface area contributed by atoms with E-state index >= 15 is 0 Å². The number of carbonyl (C=O) groups is 1. The molecule has 3 rings (SSSR count). The molecule has 0 radical (unpaired) electrons. The van der Waals surface area contributed by atoms with Gasteiger partial charge in [-0.25, -0.2) is 4.79 Å². The number of carbonyl (C=O) groups excluding carboxylic acids is 1. The average Bonchev–Trinajstić information content (AvgIpc) is 2.75. The highest BCUT2D eigenvalue weighted by Crippen LogP contribution is 2.38. The molecule has 1 unspecified atom stereocenters. The standard InChI is InChI=1S/C21H32N2O5/c1-25-18-13-16(14-19(26-2)20(18)27-3)21(24)28-12-6-8-22-10-11-23-9-5-4-7-17(23)15-22/h13-14,17H,4-12,15H2,1-3H3. The van der Waals surface area contributed by atoms with Crippen LogP contribution in [0.4, 0.5) is 0 Å². The first-order chi connectivity index (χ1) is 13.7. The summed E-state index contributed by atoms with van der Waals surface area (Å²) in [6, 6.07) is 3.95. The minimum atomic E-state index is -0.378. The summed E-state index contributed by atoms with van der Waals surface area (Å²) in [5.41, 5.74) is 0.394. The molecule has 0 amide bonds. The van der Waals surface area contributed by atoms with E-state index in [-0.39, 0.29) is 5.97 Å². The Bertz CT molecular complexity index is 641. The zero-order valence-electron chi connectivity index (χ0n) is 17.2. The van der Waals surface area contributed by atoms with Crippen LogP contribution in [-0.4, -0.2) is 82.5 Å². The lowest BCUT2D eigenvalue weighted by atomic mass is 9.99. The van der Waals surface area contributed by atoms with Gasteiger partial charge in [0.1, 0.15) is 0 Å². The maximum atomic E-state index is 12.4. The van der Waals surface area contributed by atoms with Crippen molar-refractivity contribution in [1.29, 1.82) is 0 Å². The number of hydrogen-bond donors (Lipinski definition) is 0. The van der Waals surface area contributed by atoms with Crippen LogP contribution in [0.2, 0.25) is 0 Å². The van der Waals surface area contributed by atoms with E-state index in [1.807, 2.05) is 0 Å². The summed E-state index contributed by atoms with van der Waals surface area (Å²) in [4.78, 5) is 17.6. The van der Waals surface area contributed by atoms with Crippen molar-refractivity contribution >= 4 is 5.97 Å². The second-order valence-corrected chi connectivity index (χ2v) is 7.39. The van der Waals surface area contributed by atoms with Gasteiger partial charge >= 0.3 is 5.97 Å². The van der Waals surface area contributed by atoms with Crippen molar-refractivity contribution in [2.24, 2.45) is 0 Å². The van der Waals surface area contributed by atoms with E-state index in [0.717, 1.165) is 32.6 Å². The normalized spacial score (nSPS) is 20.3. The van der Waals surface area contributed by atoms with Gasteiger partial charge in [0.25, 0.3) is 0 Å². The van der Waals surface area contributed by atoms with Gasteiger partial charge in [0.2, 0.25) is 5.75 Å². The highest BCUT2D eigenvalue weighted by molar-refractivity contribution is 5.91. The molecular weight excluding hydrogens is 360 g/mol. The largest absolute Gasteiger partial charge is 0.493 e. The van der Waals surface area contributed by atoms with Gasteiger partial charge in [0.05, 0.1) is 33.5 Å². The van der Waals surface area contributed by atoms with E-state index in [9.17, 15) is 4.79 Å². The molecule has 156 valence electrons. The van der Waals surface area contributed by atoms with Crippen LogP contribution in [0.15, 0.2) is 12.1 Å². The van der Waals surface area contributed by atoms with E-state index in [1.165, 1.54) is 47.1 Å². The van der Waals surface area contributed by atoms with Crippen molar-refractivity contribution in [3.63, 3.8) is 0 Å². The maximum absolute atomic E-state index is 12.4. The van der Waals surface area contributed by atoms with Crippen molar-refractivity contribution in [2.45, 2.75) is 31.7 Å². The molecule has 1 atom stereocenters. The monoisotopic (exact) mass is 392 g/mol. The highest BCUT2D eigenvalue weighted by Gasteiger charge is 2.28. The summed E-state index contributed by atoms with van der Waals surface area (Å²) in [5.74, 6) is 0.970. The summed E-state index contributed by atoms with van der Waals surface area (Å²) in [7, 11) is 4.59. The molecule has 7 nitrogen and oxygen atoms in total. The Morgan fingerprint density at radius 2 is 1.79 bits per heavy atom. The smallest absolute Gasteiger partial charge is 0.338 e. The first-order valence-corrected chi connectivity index (χ1v) is 10.1. The molecule has 0 spiro atoms. The number of esters is 1. The van der Waals surface area contributed by atoms with E-state index in [1.54, 1.807) is 12.1 Å². The van der Waals surface area contributed by atoms with Crippen molar-refractivity contribution in [3.8, 4) is 17.2 Å². The summed E-state index contributed by atoms with van der Waals surface area (Å²) >= 11 is 0. The van der Waals surface area contributed by atoms with E-state index in [0.29, 0.717) is 35.5 Å². The minimum absolute atomic E-state index is 0.378. The maximum Gasteiger partial charge on any atom is 0.338 e. The van der Waals surface area contributed by atoms with Crippen LogP contribution < -0.4 is 14.2 Å². The molecule has 1 aromatic rings. The number of ether oxygens (including phenoxy) is 4. The van der Waals surface area contributed by atoms with Crippen molar-refractivity contribution < 1.29 is 23.7 Å². The molecular formula is C21H32N2O5. The Morgan fingerprint density at radius 1 is 1.04 bits per heavy atom. The van der Waals surface area contributed by atoms with E-state index in [2.05, 4.69) is 9.80 Å². The lowest BCUT2D eigenvalue weighted by Gasteiger charge is -2.44. The quantitative estimate of drug-likeness (QED) is 0.497. The Balaban J connectivity index is 1.47. The van der Waals surface area contributed by atoms with Crippen LogP contribution in [0.1, 0.15) is 36.0 Å². The first kappa shape index (κ1) is 20.7. The number of nitrogens with zero attached hydrogens (tertiary/aromatic N) is 2. The number of piperidine rings is 1. The lowest BCUT2D eigenvalue weighted by molar-refractivity contribution is 0.0372. The molecule has 0 bridgehead atoms. The van der Waals surface area contributed by atoms with Crippen molar-refractivity contribution in [1.82, 2.24) is 9.80 Å². The summed E-state index contributed by atoms with van der Waals surface area (Å²) in [6.45, 7) is 6.03. The van der Waals surface area contributed by atoms with Crippen molar-refractivity contribution in [3.05, 3.63) is 17.7 Å². The Kier molecular flexibility index (Phi) is 7.39. The molecule has 0 aliphatic carbocycles. The van der Waals surface area contributed by atoms with Crippen LogP contribution in [0.3, 0.4) is 0 Å². The number of piperazine rings is 1. The Hall–Kier alpha value is -1.99. The third kappa shape index (κ3) is 4.89. The predicted octanol–water partition coefficient (Wildman–Crippen LogP) is 2.43. The molecule has 0 saturated carbocycles. The third-order valence-corrected chi connectivity index (χ3v) is 5.67. The summed E-state index contributed by atoms with van der Waals surface area (Å²) < 4.78 is 21.3. The number of methoxy groups -OCH3 is 3. The van der Waals surface area contributed by atoms with Gasteiger partial charge in [0, 0.05) is 32.2 Å². The topological polar surface area (TPSA) is 60.5 Å². The van der Waals surface area contributed by atoms with E-state index in [4.69, 9.17) is 18.9 Å². The molecule has 28 heavy (non-hydrogen) atoms. The molecule has 2 aliphatic heterocycles. The molecule has 2 aliphatic rings. The summed E-state index contributed by atoms with van der Waals surface area (Å²) in [5, 5.41) is 0. The number of rotatable bonds is 8. The third-order valence-electron chi connectivity index (χ3n) is 5.67. The number of hydrogen-bond acceptors (Lipinski definition) is 7. The zero-order chi connectivity index (χ0) is 19.9. The van der Waals surface area contributed by atoms with Gasteiger partial charge in [0.15, 0.2) is 11.5 Å². The molecule has 7 heteroatoms. The number of fused-ring (bicyclic) bond motifs is 1. The van der Waals surface area contributed by atoms with Gasteiger partial charge in [-0.05, 0) is 37.9 Å². The fourth-order valence-electron chi connectivity index (χ4n) is 4.16. The van der Waals surface area contributed by atoms with Crippen LogP contribution in [0.25, 0.3) is 0 Å². The SMILES string of the molecule is COc1cc(C(=O)OCCCN2CCN3CCCCC3C2)cc(OC)c1OC. The van der Waals surface area contributed by atoms with Gasteiger partial charge in [-0.2, -0.15) is 0 Å². The first-order valence-electron chi connectivity index (χ1n) is 10.1. The zero-order valence-corrected chi connectivity index (χ0v) is 17.2. The summed E-state index contributed by atoms with van der Waals surface area (Å²) in [6.07, 6.45) is 4.84. The fourth-order valence-corrected chi connectivity index (χ4v) is 4.16. The second-order valence-electron chi connectivity index (χ2n) is 7.39. The molecule has 2 heterocycles. The second kappa shape index (κ2) is 9.98. The van der Waals surface area contributed by atoms with Gasteiger partial charge in [-0.1, -0.05) is 6.42 Å². The highest BCUT2D eigenvalue weighted by atomic mass is 16.5. The molecule has 0 aromatic heterocycles. The van der Waals surface area contributed by atoms with Crippen LogP contribution >= 0.6 is 0 Å². The lowest BCUT2D eigenvalue weighted by Crippen LogP contribution is -2.54. The van der Waals surface area contributed by atoms with E-state index < -0.39 is 0 Å². The minimum Gasteiger partial charge on any atom is -0.493 e. The van der Waals surface area contributed by atoms with Crippen LogP contribution in [0.5, 0.6) is 17.2 Å². The van der Waals surface area contributed by atoms with Gasteiger partial charge in [-0.15, -0.1) is 0 Å². The Labute approximate surface area is 167 Å². The fraction of sp³-hybridized carbons (Fsp3) is 0.667. The predicted molar refractivity (Wildman–Crippen MR) is 107 cm³/mol. The molecule has 2 fully saturated rings. The van der Waals surface area contributed by atoms with Gasteiger partial charge in [-0.3, -0.25) is 4.90 Å². The van der Waals surface area contributed by atoms with Gasteiger partial charge < -0.3 is 23.8 Å². The average molecular weight is 392 g/mol. The van der Waals surface area contributed by atoms with Crippen LogP contribution in [0, 0.1) is 0 Å². The Morgan fingerprint density at radius 3 is 2.46 bits per heavy atom. The van der Waals surface area contributed by atoms with Crippen molar-refractivity contribution in [2.75, 3.05) is 60.7 Å². The molecule has 0 N–H and O–H groups in total. The molecule has 2 saturated heterocycles.